The SMILES string of the molecule is CCCCOc1ccc2c(c1)C13CCCCC1C(C2)N(C(=O)OC(C)(C)C)CC3. The molecule has 0 aromatic heterocycles. The van der Waals surface area contributed by atoms with Gasteiger partial charge >= 0.3 is 6.09 Å². The number of fused-ring (bicyclic) bond motifs is 1. The van der Waals surface area contributed by atoms with E-state index in [2.05, 4.69) is 25.1 Å². The number of nitrogens with zero attached hydrogens (tertiary/aromatic N) is 1. The Morgan fingerprint density at radius 3 is 2.83 bits per heavy atom. The van der Waals surface area contributed by atoms with E-state index in [1.807, 2.05) is 25.7 Å². The molecule has 0 N–H and O–H groups in total. The zero-order valence-corrected chi connectivity index (χ0v) is 18.6. The molecule has 4 nitrogen and oxygen atoms in total. The number of amides is 1. The van der Waals surface area contributed by atoms with Gasteiger partial charge in [0.1, 0.15) is 11.4 Å². The third-order valence-electron chi connectivity index (χ3n) is 7.20. The molecule has 2 bridgehead atoms. The molecule has 0 radical (unpaired) electrons. The minimum atomic E-state index is -0.449. The molecular formula is C25H37NO3. The lowest BCUT2D eigenvalue weighted by Crippen LogP contribution is -2.62. The van der Waals surface area contributed by atoms with Crippen LogP contribution in [-0.4, -0.2) is 35.8 Å². The summed E-state index contributed by atoms with van der Waals surface area (Å²) in [6, 6.07) is 6.98. The summed E-state index contributed by atoms with van der Waals surface area (Å²) in [5, 5.41) is 0. The summed E-state index contributed by atoms with van der Waals surface area (Å²) < 4.78 is 11.8. The van der Waals surface area contributed by atoms with Crippen LogP contribution in [0.2, 0.25) is 0 Å². The predicted octanol–water partition coefficient (Wildman–Crippen LogP) is 5.86. The first-order valence-electron chi connectivity index (χ1n) is 11.6. The largest absolute Gasteiger partial charge is 0.494 e. The average Bonchev–Trinajstić information content (AvgIpc) is 2.67. The number of benzene rings is 1. The summed E-state index contributed by atoms with van der Waals surface area (Å²) in [6.45, 7) is 9.65. The van der Waals surface area contributed by atoms with Crippen molar-refractivity contribution in [2.45, 2.75) is 96.1 Å². The molecule has 160 valence electrons. The number of rotatable bonds is 4. The smallest absolute Gasteiger partial charge is 0.410 e. The van der Waals surface area contributed by atoms with Gasteiger partial charge in [-0.2, -0.15) is 0 Å². The summed E-state index contributed by atoms with van der Waals surface area (Å²) in [6.07, 6.45) is 9.10. The van der Waals surface area contributed by atoms with Gasteiger partial charge in [0.05, 0.1) is 6.61 Å². The zero-order chi connectivity index (χ0) is 20.6. The van der Waals surface area contributed by atoms with Crippen molar-refractivity contribution < 1.29 is 14.3 Å². The van der Waals surface area contributed by atoms with Gasteiger partial charge in [-0.3, -0.25) is 0 Å². The van der Waals surface area contributed by atoms with Crippen LogP contribution in [0.25, 0.3) is 0 Å². The highest BCUT2D eigenvalue weighted by molar-refractivity contribution is 5.69. The van der Waals surface area contributed by atoms with Crippen molar-refractivity contribution in [2.75, 3.05) is 13.2 Å². The Kier molecular flexibility index (Phi) is 5.56. The number of piperidine rings is 1. The lowest BCUT2D eigenvalue weighted by atomic mass is 9.52. The van der Waals surface area contributed by atoms with Crippen molar-refractivity contribution in [3.8, 4) is 5.75 Å². The van der Waals surface area contributed by atoms with Crippen molar-refractivity contribution in [3.05, 3.63) is 29.3 Å². The first kappa shape index (κ1) is 20.6. The van der Waals surface area contributed by atoms with E-state index in [1.54, 1.807) is 0 Å². The lowest BCUT2D eigenvalue weighted by molar-refractivity contribution is -0.0349. The Morgan fingerprint density at radius 1 is 1.24 bits per heavy atom. The molecule has 0 spiro atoms. The quantitative estimate of drug-likeness (QED) is 0.595. The van der Waals surface area contributed by atoms with E-state index in [1.165, 1.54) is 36.8 Å². The summed E-state index contributed by atoms with van der Waals surface area (Å²) >= 11 is 0. The van der Waals surface area contributed by atoms with Crippen LogP contribution in [0, 0.1) is 5.92 Å². The molecule has 2 aliphatic carbocycles. The van der Waals surface area contributed by atoms with Crippen LogP contribution in [0.3, 0.4) is 0 Å². The third-order valence-corrected chi connectivity index (χ3v) is 7.20. The van der Waals surface area contributed by atoms with Crippen LogP contribution >= 0.6 is 0 Å². The Balaban J connectivity index is 1.65. The van der Waals surface area contributed by atoms with Gasteiger partial charge in [0.2, 0.25) is 0 Å². The Morgan fingerprint density at radius 2 is 2.07 bits per heavy atom. The maximum absolute atomic E-state index is 13.0. The van der Waals surface area contributed by atoms with E-state index in [-0.39, 0.29) is 17.6 Å². The number of ether oxygens (including phenoxy) is 2. The number of hydrogen-bond acceptors (Lipinski definition) is 3. The number of hydrogen-bond donors (Lipinski definition) is 0. The second-order valence-electron chi connectivity index (χ2n) is 10.2. The monoisotopic (exact) mass is 399 g/mol. The van der Waals surface area contributed by atoms with Gasteiger partial charge in [0.25, 0.3) is 0 Å². The molecule has 3 aliphatic rings. The molecular weight excluding hydrogens is 362 g/mol. The molecule has 4 heteroatoms. The van der Waals surface area contributed by atoms with Gasteiger partial charge in [0, 0.05) is 18.0 Å². The van der Waals surface area contributed by atoms with E-state index in [9.17, 15) is 4.79 Å². The molecule has 4 rings (SSSR count). The normalized spacial score (nSPS) is 28.3. The number of likely N-dealkylation sites (tertiary alicyclic amines) is 1. The minimum Gasteiger partial charge on any atom is -0.494 e. The highest BCUT2D eigenvalue weighted by atomic mass is 16.6. The van der Waals surface area contributed by atoms with Crippen LogP contribution in [0.5, 0.6) is 5.75 Å². The molecule has 29 heavy (non-hydrogen) atoms. The van der Waals surface area contributed by atoms with Crippen molar-refractivity contribution in [1.82, 2.24) is 4.90 Å². The van der Waals surface area contributed by atoms with Gasteiger partial charge < -0.3 is 14.4 Å². The van der Waals surface area contributed by atoms with Crippen LogP contribution in [0.4, 0.5) is 4.79 Å². The lowest BCUT2D eigenvalue weighted by Gasteiger charge is -2.58. The summed E-state index contributed by atoms with van der Waals surface area (Å²) in [4.78, 5) is 15.0. The first-order valence-corrected chi connectivity index (χ1v) is 11.6. The van der Waals surface area contributed by atoms with Gasteiger partial charge in [0.15, 0.2) is 0 Å². The molecule has 3 unspecified atom stereocenters. The fraction of sp³-hybridized carbons (Fsp3) is 0.720. The van der Waals surface area contributed by atoms with E-state index in [0.717, 1.165) is 44.6 Å². The van der Waals surface area contributed by atoms with E-state index >= 15 is 0 Å². The van der Waals surface area contributed by atoms with Crippen molar-refractivity contribution >= 4 is 6.09 Å². The van der Waals surface area contributed by atoms with Crippen LogP contribution in [0.15, 0.2) is 18.2 Å². The number of carbonyl (C=O) groups excluding carboxylic acids is 1. The fourth-order valence-electron chi connectivity index (χ4n) is 5.96. The Bertz CT molecular complexity index is 753. The fourth-order valence-corrected chi connectivity index (χ4v) is 5.96. The third kappa shape index (κ3) is 3.87. The molecule has 2 fully saturated rings. The van der Waals surface area contributed by atoms with E-state index in [0.29, 0.717) is 5.92 Å². The molecule has 1 heterocycles. The highest BCUT2D eigenvalue weighted by Crippen LogP contribution is 2.56. The summed E-state index contributed by atoms with van der Waals surface area (Å²) in [5.41, 5.74) is 2.68. The van der Waals surface area contributed by atoms with E-state index in [4.69, 9.17) is 9.47 Å². The number of unbranched alkanes of at least 4 members (excludes halogenated alkanes) is 1. The second-order valence-corrected chi connectivity index (χ2v) is 10.2. The van der Waals surface area contributed by atoms with Crippen LogP contribution in [0.1, 0.15) is 83.8 Å². The Hall–Kier alpha value is -1.71. The minimum absolute atomic E-state index is 0.135. The van der Waals surface area contributed by atoms with Gasteiger partial charge in [-0.05, 0) is 82.1 Å². The summed E-state index contributed by atoms with van der Waals surface area (Å²) in [5.74, 6) is 1.56. The maximum atomic E-state index is 13.0. The van der Waals surface area contributed by atoms with Crippen molar-refractivity contribution in [1.29, 1.82) is 0 Å². The molecule has 1 aromatic carbocycles. The Labute approximate surface area is 175 Å². The maximum Gasteiger partial charge on any atom is 0.410 e. The molecule has 1 saturated heterocycles. The van der Waals surface area contributed by atoms with Crippen molar-refractivity contribution in [3.63, 3.8) is 0 Å². The van der Waals surface area contributed by atoms with Gasteiger partial charge in [-0.1, -0.05) is 32.3 Å². The number of carbonyl (C=O) groups is 1. The highest BCUT2D eigenvalue weighted by Gasteiger charge is 2.55. The molecule has 3 atom stereocenters. The molecule has 1 aliphatic heterocycles. The zero-order valence-electron chi connectivity index (χ0n) is 18.6. The van der Waals surface area contributed by atoms with E-state index < -0.39 is 5.60 Å². The van der Waals surface area contributed by atoms with Crippen LogP contribution in [-0.2, 0) is 16.6 Å². The summed E-state index contributed by atoms with van der Waals surface area (Å²) in [7, 11) is 0. The van der Waals surface area contributed by atoms with Crippen molar-refractivity contribution in [2.24, 2.45) is 5.92 Å². The second kappa shape index (κ2) is 7.85. The molecule has 1 amide bonds. The average molecular weight is 400 g/mol. The van der Waals surface area contributed by atoms with Gasteiger partial charge in [-0.15, -0.1) is 0 Å². The first-order chi connectivity index (χ1) is 13.8. The molecule has 1 aromatic rings. The topological polar surface area (TPSA) is 38.8 Å². The predicted molar refractivity (Wildman–Crippen MR) is 116 cm³/mol. The standard InChI is InChI=1S/C25H37NO3/c1-5-6-15-28-19-11-10-18-16-22-20-9-7-8-12-25(20,21(18)17-19)13-14-26(22)23(27)29-24(2,3)4/h10-11,17,20,22H,5-9,12-16H2,1-4H3. The van der Waals surface area contributed by atoms with Crippen LogP contribution < -0.4 is 4.74 Å². The molecule has 1 saturated carbocycles. The van der Waals surface area contributed by atoms with Gasteiger partial charge in [-0.25, -0.2) is 4.79 Å².